The number of hydrogen-bond donors (Lipinski definition) is 4. The number of benzene rings is 2. The fraction of sp³-hybridized carbons (Fsp3) is 0.639. The number of hydrogen-bond acceptors (Lipinski definition) is 7. The molecule has 5 unspecified atom stereocenters. The average Bonchev–Trinajstić information content (AvgIpc) is 3.38. The molecule has 0 bridgehead atoms. The van der Waals surface area contributed by atoms with Crippen LogP contribution in [0.15, 0.2) is 48.5 Å². The zero-order chi connectivity index (χ0) is 33.5. The van der Waals surface area contributed by atoms with E-state index in [1.165, 1.54) is 23.8 Å². The molecule has 0 amide bonds. The molecule has 0 aromatic heterocycles. The van der Waals surface area contributed by atoms with E-state index < -0.39 is 21.6 Å². The van der Waals surface area contributed by atoms with Crippen LogP contribution in [0.5, 0.6) is 0 Å². The van der Waals surface area contributed by atoms with Crippen LogP contribution in [-0.4, -0.2) is 80.2 Å². The number of sulfonamides is 1. The van der Waals surface area contributed by atoms with Crippen molar-refractivity contribution in [3.8, 4) is 0 Å². The van der Waals surface area contributed by atoms with E-state index in [0.717, 1.165) is 64.6 Å². The maximum Gasteiger partial charge on any atom is 0.304 e. The van der Waals surface area contributed by atoms with Crippen LogP contribution >= 0.6 is 0 Å². The highest BCUT2D eigenvalue weighted by atomic mass is 32.2. The van der Waals surface area contributed by atoms with Crippen LogP contribution in [-0.2, 0) is 37.8 Å². The van der Waals surface area contributed by atoms with Crippen LogP contribution in [0, 0.1) is 17.8 Å². The van der Waals surface area contributed by atoms with Crippen molar-refractivity contribution in [1.29, 1.82) is 0 Å². The molecule has 3 aliphatic rings. The Kier molecular flexibility index (Phi) is 12.3. The number of anilines is 1. The molecule has 2 aromatic carbocycles. The summed E-state index contributed by atoms with van der Waals surface area (Å²) >= 11 is 0. The number of fused-ring (bicyclic) bond motifs is 2. The topological polar surface area (TPSA) is 142 Å². The molecule has 10 heteroatoms. The Morgan fingerprint density at radius 3 is 2.46 bits per heavy atom. The summed E-state index contributed by atoms with van der Waals surface area (Å²) in [4.78, 5) is 12.7. The van der Waals surface area contributed by atoms with Gasteiger partial charge in [-0.25, -0.2) is 8.42 Å². The maximum atomic E-state index is 12.3. The van der Waals surface area contributed by atoms with Gasteiger partial charge in [-0.05, 0) is 72.3 Å². The molecule has 2 aliphatic carbocycles. The molecule has 5 atom stereocenters. The van der Waals surface area contributed by atoms with E-state index in [4.69, 9.17) is 15.6 Å². The SMILES string of the molecule is CCC1(c2cccc(NS(=O)(=O)CCOC)c2)C2CN(CC3(O)CCc4ccccc4C3)CC21.CCCC(C)CC(N)CC(=O)O. The highest BCUT2D eigenvalue weighted by Crippen LogP contribution is 2.65. The van der Waals surface area contributed by atoms with Gasteiger partial charge < -0.3 is 20.7 Å². The number of aliphatic hydroxyl groups is 1. The second kappa shape index (κ2) is 15.6. The van der Waals surface area contributed by atoms with Gasteiger partial charge in [0.25, 0.3) is 0 Å². The first-order valence-corrected chi connectivity index (χ1v) is 18.6. The number of piperidine rings is 1. The van der Waals surface area contributed by atoms with E-state index in [2.05, 4.69) is 60.7 Å². The lowest BCUT2D eigenvalue weighted by Gasteiger charge is -2.38. The van der Waals surface area contributed by atoms with Crippen LogP contribution in [0.2, 0.25) is 0 Å². The summed E-state index contributed by atoms with van der Waals surface area (Å²) < 4.78 is 32.3. The number of likely N-dealkylation sites (tertiary alicyclic amines) is 1. The molecule has 5 rings (SSSR count). The monoisotopic (exact) mass is 657 g/mol. The number of β-amino-alcohol motifs (C(OH)–C–C–N with tert-alkyl or cyclic N) is 1. The van der Waals surface area contributed by atoms with Crippen molar-refractivity contribution in [2.24, 2.45) is 23.5 Å². The zero-order valence-corrected chi connectivity index (χ0v) is 28.9. The van der Waals surface area contributed by atoms with Crippen molar-refractivity contribution in [1.82, 2.24) is 4.90 Å². The Morgan fingerprint density at radius 1 is 1.13 bits per heavy atom. The van der Waals surface area contributed by atoms with Crippen LogP contribution in [0.25, 0.3) is 0 Å². The van der Waals surface area contributed by atoms with E-state index in [0.29, 0.717) is 23.4 Å². The molecule has 1 aliphatic heterocycles. The molecule has 256 valence electrons. The first kappa shape index (κ1) is 36.3. The third kappa shape index (κ3) is 9.10. The molecule has 1 saturated carbocycles. The van der Waals surface area contributed by atoms with Gasteiger partial charge in [0, 0.05) is 50.3 Å². The molecule has 0 radical (unpaired) electrons. The van der Waals surface area contributed by atoms with Gasteiger partial charge in [0.2, 0.25) is 10.0 Å². The lowest BCUT2D eigenvalue weighted by Crippen LogP contribution is -2.47. The molecule has 1 heterocycles. The molecule has 1 saturated heterocycles. The highest BCUT2D eigenvalue weighted by molar-refractivity contribution is 7.92. The fourth-order valence-corrected chi connectivity index (χ4v) is 9.14. The Balaban J connectivity index is 0.000000342. The first-order valence-electron chi connectivity index (χ1n) is 16.9. The maximum absolute atomic E-state index is 12.3. The quantitative estimate of drug-likeness (QED) is 0.214. The van der Waals surface area contributed by atoms with Crippen molar-refractivity contribution < 1.29 is 28.2 Å². The van der Waals surface area contributed by atoms with Crippen molar-refractivity contribution in [2.45, 2.75) is 89.2 Å². The third-order valence-electron chi connectivity index (χ3n) is 10.4. The number of methoxy groups -OCH3 is 1. The van der Waals surface area contributed by atoms with Crippen molar-refractivity contribution in [3.05, 3.63) is 65.2 Å². The summed E-state index contributed by atoms with van der Waals surface area (Å²) in [6.07, 6.45) is 6.72. The number of aliphatic carboxylic acids is 1. The van der Waals surface area contributed by atoms with Crippen LogP contribution in [0.1, 0.15) is 76.0 Å². The number of nitrogens with zero attached hydrogens (tertiary/aromatic N) is 1. The first-order chi connectivity index (χ1) is 21.8. The second-order valence-electron chi connectivity index (χ2n) is 14.0. The Morgan fingerprint density at radius 2 is 1.83 bits per heavy atom. The standard InChI is InChI=1S/C27H36N2O4S.C9H19NO2/c1-3-27(22-9-6-10-23(15-22)28-34(31,32)14-13-33-2)24-17-29(18-25(24)27)19-26(30)12-11-20-7-4-5-8-21(20)16-26;1-3-4-7(2)5-8(10)6-9(11)12/h4-10,15,24-25,28,30H,3,11-14,16-19H2,1-2H3;7-8H,3-6,10H2,1-2H3,(H,11,12). The fourth-order valence-electron chi connectivity index (χ4n) is 8.17. The number of carboxylic acids is 1. The zero-order valence-electron chi connectivity index (χ0n) is 28.1. The summed E-state index contributed by atoms with van der Waals surface area (Å²) in [7, 11) is -1.93. The predicted molar refractivity (Wildman–Crippen MR) is 183 cm³/mol. The summed E-state index contributed by atoms with van der Waals surface area (Å²) in [6, 6.07) is 16.2. The van der Waals surface area contributed by atoms with Gasteiger partial charge in [0.1, 0.15) is 0 Å². The van der Waals surface area contributed by atoms with Gasteiger partial charge in [0.05, 0.1) is 24.4 Å². The molecular weight excluding hydrogens is 602 g/mol. The second-order valence-corrected chi connectivity index (χ2v) is 15.8. The Labute approximate surface area is 276 Å². The molecule has 0 spiro atoms. The Hall–Kier alpha value is -2.50. The van der Waals surface area contributed by atoms with Crippen molar-refractivity contribution in [3.63, 3.8) is 0 Å². The lowest BCUT2D eigenvalue weighted by molar-refractivity contribution is -0.137. The van der Waals surface area contributed by atoms with E-state index in [1.54, 1.807) is 0 Å². The summed E-state index contributed by atoms with van der Waals surface area (Å²) in [5, 5.41) is 19.8. The normalized spacial score (nSPS) is 26.7. The minimum absolute atomic E-state index is 0.0553. The summed E-state index contributed by atoms with van der Waals surface area (Å²) in [6.45, 7) is 9.37. The van der Waals surface area contributed by atoms with Gasteiger partial charge >= 0.3 is 5.97 Å². The number of carboxylic acid groups (broad SMARTS) is 1. The molecule has 46 heavy (non-hydrogen) atoms. The highest BCUT2D eigenvalue weighted by Gasteiger charge is 2.67. The van der Waals surface area contributed by atoms with Crippen molar-refractivity contribution >= 4 is 21.7 Å². The van der Waals surface area contributed by atoms with Gasteiger partial charge in [-0.1, -0.05) is 70.0 Å². The minimum atomic E-state index is -3.43. The molecule has 2 fully saturated rings. The van der Waals surface area contributed by atoms with E-state index in [-0.39, 0.29) is 30.2 Å². The molecule has 2 aromatic rings. The van der Waals surface area contributed by atoms with E-state index in [1.807, 2.05) is 18.2 Å². The number of rotatable bonds is 15. The number of ether oxygens (including phenoxy) is 1. The van der Waals surface area contributed by atoms with Gasteiger partial charge in [-0.3, -0.25) is 14.4 Å². The molecule has 5 N–H and O–H groups in total. The molecular formula is C36H55N3O6S. The van der Waals surface area contributed by atoms with Crippen LogP contribution in [0.4, 0.5) is 5.69 Å². The smallest absolute Gasteiger partial charge is 0.304 e. The Bertz CT molecular complexity index is 1410. The van der Waals surface area contributed by atoms with Crippen LogP contribution < -0.4 is 10.5 Å². The van der Waals surface area contributed by atoms with E-state index in [9.17, 15) is 18.3 Å². The van der Waals surface area contributed by atoms with Crippen LogP contribution in [0.3, 0.4) is 0 Å². The van der Waals surface area contributed by atoms with Crippen molar-refractivity contribution in [2.75, 3.05) is 43.8 Å². The predicted octanol–water partition coefficient (Wildman–Crippen LogP) is 4.82. The van der Waals surface area contributed by atoms with E-state index >= 15 is 0 Å². The molecule has 9 nitrogen and oxygen atoms in total. The average molecular weight is 658 g/mol. The third-order valence-corrected chi connectivity index (χ3v) is 11.6. The number of nitrogens with one attached hydrogen (secondary N) is 1. The number of aryl methyl sites for hydroxylation is 1. The summed E-state index contributed by atoms with van der Waals surface area (Å²) in [5.41, 5.74) is 9.58. The largest absolute Gasteiger partial charge is 0.481 e. The van der Waals surface area contributed by atoms with Gasteiger partial charge in [-0.2, -0.15) is 0 Å². The minimum Gasteiger partial charge on any atom is -0.481 e. The number of nitrogens with two attached hydrogens (primary N) is 1. The summed E-state index contributed by atoms with van der Waals surface area (Å²) in [5.74, 6) is 0.797. The lowest BCUT2D eigenvalue weighted by atomic mass is 9.80. The van der Waals surface area contributed by atoms with Gasteiger partial charge in [0.15, 0.2) is 0 Å². The number of carbonyl (C=O) groups is 1. The van der Waals surface area contributed by atoms with Gasteiger partial charge in [-0.15, -0.1) is 0 Å².